The van der Waals surface area contributed by atoms with Crippen LogP contribution in [-0.2, 0) is 6.18 Å². The average molecular weight is 455 g/mol. The monoisotopic (exact) mass is 455 g/mol. The Kier molecular flexibility index (Phi) is 4.45. The van der Waals surface area contributed by atoms with Crippen molar-refractivity contribution in [3.8, 4) is 28.3 Å². The lowest BCUT2D eigenvalue weighted by atomic mass is 10.1. The highest BCUT2D eigenvalue weighted by Crippen LogP contribution is 2.39. The number of methoxy groups -OCH3 is 1. The highest BCUT2D eigenvalue weighted by molar-refractivity contribution is 5.86. The Labute approximate surface area is 183 Å². The van der Waals surface area contributed by atoms with Crippen LogP contribution in [0.5, 0.6) is 5.75 Å². The maximum absolute atomic E-state index is 13.9. The highest BCUT2D eigenvalue weighted by atomic mass is 19.4. The minimum Gasteiger partial charge on any atom is -0.494 e. The van der Waals surface area contributed by atoms with Gasteiger partial charge in [0.25, 0.3) is 5.56 Å². The molecule has 8 nitrogen and oxygen atoms in total. The summed E-state index contributed by atoms with van der Waals surface area (Å²) >= 11 is 0. The fraction of sp³-hybridized carbons (Fsp3) is 0.136. The second-order valence-electron chi connectivity index (χ2n) is 7.35. The van der Waals surface area contributed by atoms with E-state index in [1.807, 2.05) is 0 Å². The van der Waals surface area contributed by atoms with Gasteiger partial charge in [-0.25, -0.2) is 9.97 Å². The molecule has 33 heavy (non-hydrogen) atoms. The molecule has 0 aliphatic carbocycles. The van der Waals surface area contributed by atoms with Crippen molar-refractivity contribution in [3.05, 3.63) is 64.2 Å². The smallest absolute Gasteiger partial charge is 0.433 e. The van der Waals surface area contributed by atoms with E-state index in [0.717, 1.165) is 4.52 Å². The largest absolute Gasteiger partial charge is 0.494 e. The van der Waals surface area contributed by atoms with Gasteiger partial charge in [-0.15, -0.1) is 0 Å². The van der Waals surface area contributed by atoms with E-state index < -0.39 is 17.4 Å². The zero-order valence-electron chi connectivity index (χ0n) is 17.3. The summed E-state index contributed by atoms with van der Waals surface area (Å²) in [6.07, 6.45) is -4.75. The van der Waals surface area contributed by atoms with E-state index in [-0.39, 0.29) is 39.5 Å². The van der Waals surface area contributed by atoms with Gasteiger partial charge >= 0.3 is 6.18 Å². The third-order valence-corrected chi connectivity index (χ3v) is 5.22. The molecule has 2 aromatic carbocycles. The molecule has 11 heteroatoms. The van der Waals surface area contributed by atoms with Gasteiger partial charge < -0.3 is 14.9 Å². The first-order valence-corrected chi connectivity index (χ1v) is 9.71. The molecule has 3 aromatic heterocycles. The summed E-state index contributed by atoms with van der Waals surface area (Å²) in [6, 6.07) is 11.0. The number of aromatic amines is 1. The Hall–Kier alpha value is -4.28. The van der Waals surface area contributed by atoms with Crippen LogP contribution in [0.25, 0.3) is 39.3 Å². The number of nitrogens with zero attached hydrogens (tertiary/aromatic N) is 3. The first kappa shape index (κ1) is 20.6. The predicted molar refractivity (Wildman–Crippen MR) is 115 cm³/mol. The van der Waals surface area contributed by atoms with Gasteiger partial charge in [0.2, 0.25) is 5.89 Å². The maximum atomic E-state index is 13.9. The third-order valence-electron chi connectivity index (χ3n) is 5.22. The molecule has 0 saturated carbocycles. The highest BCUT2D eigenvalue weighted by Gasteiger charge is 2.38. The number of H-pyrrole nitrogens is 1. The summed E-state index contributed by atoms with van der Waals surface area (Å²) in [6.45, 7) is 1.51. The van der Waals surface area contributed by atoms with E-state index in [2.05, 4.69) is 15.1 Å². The van der Waals surface area contributed by atoms with E-state index in [1.54, 1.807) is 24.3 Å². The number of oxazole rings is 1. The lowest BCUT2D eigenvalue weighted by Crippen LogP contribution is -2.19. The number of hydrogen-bond donors (Lipinski definition) is 2. The van der Waals surface area contributed by atoms with Crippen molar-refractivity contribution in [2.45, 2.75) is 13.1 Å². The fourth-order valence-corrected chi connectivity index (χ4v) is 3.79. The molecule has 0 amide bonds. The number of nitrogens with one attached hydrogen (secondary N) is 1. The van der Waals surface area contributed by atoms with Gasteiger partial charge in [0, 0.05) is 17.8 Å². The quantitative estimate of drug-likeness (QED) is 0.390. The summed E-state index contributed by atoms with van der Waals surface area (Å²) in [5.74, 6) is 0.222. The van der Waals surface area contributed by atoms with Crippen LogP contribution in [0.15, 0.2) is 51.7 Å². The van der Waals surface area contributed by atoms with Crippen LogP contribution in [0.3, 0.4) is 0 Å². The van der Waals surface area contributed by atoms with Crippen molar-refractivity contribution in [2.24, 2.45) is 0 Å². The molecule has 5 rings (SSSR count). The second-order valence-corrected chi connectivity index (χ2v) is 7.35. The first-order valence-electron chi connectivity index (χ1n) is 9.71. The Morgan fingerprint density at radius 2 is 1.85 bits per heavy atom. The number of fused-ring (bicyclic) bond motifs is 2. The number of halogens is 3. The van der Waals surface area contributed by atoms with Gasteiger partial charge in [0.05, 0.1) is 18.4 Å². The number of nitrogens with two attached hydrogens (primary N) is 1. The van der Waals surface area contributed by atoms with E-state index in [0.29, 0.717) is 17.0 Å². The standard InChI is InChI=1S/C22H16F3N5O3/c1-10-15(20-28-17-13(32-2)8-12(26)9-14(17)33-20)21(31)30-19(27-10)16(11-6-4-3-5-7-11)18(29-30)22(23,24)25/h3-9,29H,26H2,1-2H3. The van der Waals surface area contributed by atoms with Crippen LogP contribution in [0.2, 0.25) is 0 Å². The molecule has 0 saturated heterocycles. The molecule has 5 aromatic rings. The van der Waals surface area contributed by atoms with Gasteiger partial charge in [-0.05, 0) is 12.5 Å². The number of alkyl halides is 3. The van der Waals surface area contributed by atoms with E-state index >= 15 is 0 Å². The van der Waals surface area contributed by atoms with Gasteiger partial charge in [-0.3, -0.25) is 9.89 Å². The summed E-state index contributed by atoms with van der Waals surface area (Å²) in [4.78, 5) is 22.0. The van der Waals surface area contributed by atoms with Crippen LogP contribution in [-0.4, -0.2) is 26.7 Å². The number of ether oxygens (including phenoxy) is 1. The van der Waals surface area contributed by atoms with Crippen molar-refractivity contribution in [2.75, 3.05) is 12.8 Å². The number of aryl methyl sites for hydroxylation is 1. The minimum atomic E-state index is -4.75. The van der Waals surface area contributed by atoms with E-state index in [1.165, 1.54) is 32.2 Å². The molecular weight excluding hydrogens is 439 g/mol. The molecule has 0 radical (unpaired) electrons. The van der Waals surface area contributed by atoms with E-state index in [9.17, 15) is 18.0 Å². The molecular formula is C22H16F3N5O3. The topological polar surface area (TPSA) is 111 Å². The van der Waals surface area contributed by atoms with Crippen LogP contribution in [0.1, 0.15) is 11.4 Å². The molecule has 0 spiro atoms. The number of aromatic nitrogens is 4. The third kappa shape index (κ3) is 3.20. The molecule has 0 fully saturated rings. The van der Waals surface area contributed by atoms with Crippen molar-refractivity contribution < 1.29 is 22.3 Å². The molecule has 0 aliphatic rings. The Bertz CT molecular complexity index is 1580. The number of anilines is 1. The number of hydrogen-bond acceptors (Lipinski definition) is 6. The fourth-order valence-electron chi connectivity index (χ4n) is 3.79. The predicted octanol–water partition coefficient (Wildman–Crippen LogP) is 4.42. The second kappa shape index (κ2) is 7.12. The van der Waals surface area contributed by atoms with E-state index in [4.69, 9.17) is 14.9 Å². The lowest BCUT2D eigenvalue weighted by molar-refractivity contribution is -0.140. The lowest BCUT2D eigenvalue weighted by Gasteiger charge is -2.07. The molecule has 3 N–H and O–H groups in total. The van der Waals surface area contributed by atoms with Crippen molar-refractivity contribution in [1.29, 1.82) is 0 Å². The molecule has 0 atom stereocenters. The Morgan fingerprint density at radius 3 is 2.52 bits per heavy atom. The Morgan fingerprint density at radius 1 is 1.12 bits per heavy atom. The van der Waals surface area contributed by atoms with Crippen LogP contribution >= 0.6 is 0 Å². The van der Waals surface area contributed by atoms with Crippen LogP contribution in [0.4, 0.5) is 18.9 Å². The SMILES string of the molecule is COc1cc(N)cc2oc(-c3c(C)nc4c(-c5ccccc5)c(C(F)(F)F)[nH]n4c3=O)nc12. The van der Waals surface area contributed by atoms with Crippen molar-refractivity contribution >= 4 is 22.4 Å². The Balaban J connectivity index is 1.82. The zero-order chi connectivity index (χ0) is 23.5. The summed E-state index contributed by atoms with van der Waals surface area (Å²) < 4.78 is 53.3. The van der Waals surface area contributed by atoms with Gasteiger partial charge in [-0.2, -0.15) is 17.7 Å². The van der Waals surface area contributed by atoms with Crippen molar-refractivity contribution in [3.63, 3.8) is 0 Å². The molecule has 3 heterocycles. The zero-order valence-corrected chi connectivity index (χ0v) is 17.3. The molecule has 0 unspecified atom stereocenters. The van der Waals surface area contributed by atoms with Crippen LogP contribution in [0, 0.1) is 6.92 Å². The van der Waals surface area contributed by atoms with Crippen molar-refractivity contribution in [1.82, 2.24) is 19.6 Å². The summed E-state index contributed by atoms with van der Waals surface area (Å²) in [7, 11) is 1.43. The number of rotatable bonds is 3. The van der Waals surface area contributed by atoms with Gasteiger partial charge in [0.15, 0.2) is 22.5 Å². The minimum absolute atomic E-state index is 0.0843. The number of benzene rings is 2. The van der Waals surface area contributed by atoms with Crippen LogP contribution < -0.4 is 16.0 Å². The average Bonchev–Trinajstić information content (AvgIpc) is 3.35. The van der Waals surface area contributed by atoms with Gasteiger partial charge in [0.1, 0.15) is 11.3 Å². The normalized spacial score (nSPS) is 12.0. The summed E-state index contributed by atoms with van der Waals surface area (Å²) in [5, 5.41) is 2.18. The maximum Gasteiger partial charge on any atom is 0.433 e. The first-order chi connectivity index (χ1) is 15.7. The molecule has 0 bridgehead atoms. The summed E-state index contributed by atoms with van der Waals surface area (Å²) in [5.41, 5.74) is 4.87. The number of nitrogen functional groups attached to an aromatic ring is 1. The van der Waals surface area contributed by atoms with Gasteiger partial charge in [-0.1, -0.05) is 30.3 Å². The molecule has 168 valence electrons. The molecule has 0 aliphatic heterocycles.